The molecule has 0 N–H and O–H groups in total. The minimum atomic E-state index is -1.13. The van der Waals surface area contributed by atoms with Crippen LogP contribution >= 0.6 is 0 Å². The first-order valence-corrected chi connectivity index (χ1v) is 12.9. The smallest absolute Gasteiger partial charge is 0.261 e. The summed E-state index contributed by atoms with van der Waals surface area (Å²) in [5, 5.41) is 0.558. The third-order valence-corrected chi connectivity index (χ3v) is 7.51. The Balaban J connectivity index is 1.36. The Hall–Kier alpha value is -3.92. The van der Waals surface area contributed by atoms with E-state index in [2.05, 4.69) is 16.0 Å². The third-order valence-electron chi connectivity index (χ3n) is 7.51. The van der Waals surface area contributed by atoms with E-state index in [0.717, 1.165) is 17.2 Å². The van der Waals surface area contributed by atoms with E-state index in [4.69, 9.17) is 8.83 Å². The van der Waals surface area contributed by atoms with Crippen LogP contribution in [0.1, 0.15) is 33.0 Å². The highest BCUT2D eigenvalue weighted by Crippen LogP contribution is 2.37. The first kappa shape index (κ1) is 25.7. The van der Waals surface area contributed by atoms with Crippen molar-refractivity contribution in [2.75, 3.05) is 26.7 Å². The van der Waals surface area contributed by atoms with Crippen LogP contribution in [0.4, 0.5) is 0 Å². The van der Waals surface area contributed by atoms with Crippen molar-refractivity contribution in [2.45, 2.75) is 40.3 Å². The molecule has 3 aromatic heterocycles. The lowest BCUT2D eigenvalue weighted by Crippen LogP contribution is -2.45. The highest BCUT2D eigenvalue weighted by atomic mass is 16.3. The van der Waals surface area contributed by atoms with E-state index in [0.29, 0.717) is 50.1 Å². The van der Waals surface area contributed by atoms with Crippen molar-refractivity contribution in [3.63, 3.8) is 0 Å². The Morgan fingerprint density at radius 1 is 1.16 bits per heavy atom. The predicted octanol–water partition coefficient (Wildman–Crippen LogP) is 3.22. The number of oxazole rings is 1. The van der Waals surface area contributed by atoms with Crippen LogP contribution in [0.2, 0.25) is 0 Å². The van der Waals surface area contributed by atoms with Crippen molar-refractivity contribution < 1.29 is 18.4 Å². The number of hydrogen-bond donors (Lipinski definition) is 0. The van der Waals surface area contributed by atoms with Gasteiger partial charge in [0.1, 0.15) is 16.8 Å². The van der Waals surface area contributed by atoms with Crippen molar-refractivity contribution in [3.8, 4) is 0 Å². The Labute approximate surface area is 220 Å². The summed E-state index contributed by atoms with van der Waals surface area (Å²) in [6.07, 6.45) is 11.1. The van der Waals surface area contributed by atoms with E-state index in [1.54, 1.807) is 59.8 Å². The molecule has 5 rings (SSSR count). The molecular weight excluding hydrogens is 486 g/mol. The molecule has 10 heteroatoms. The molecule has 0 aromatic carbocycles. The standard InChI is InChI=1S/C28H33N5O5/c1-5-33-22-7-6-19(14-23(22)30(4)26(35)28(2,3)27(33)36)16-31(17-20-15-29-18-38-20)11-12-32-10-8-24-21(25(32)34)9-13-37-24/h6-10,13,15,18-19H,5,11-12,14,16-17H2,1-4H3. The maximum atomic E-state index is 13.3. The number of rotatable bonds is 8. The average molecular weight is 520 g/mol. The topological polar surface area (TPSA) is 105 Å². The van der Waals surface area contributed by atoms with Gasteiger partial charge in [0.05, 0.1) is 30.1 Å². The van der Waals surface area contributed by atoms with Crippen LogP contribution in [0.25, 0.3) is 11.0 Å². The molecule has 1 unspecified atom stereocenters. The number of fused-ring (bicyclic) bond motifs is 1. The monoisotopic (exact) mass is 519 g/mol. The Morgan fingerprint density at radius 2 is 1.97 bits per heavy atom. The number of likely N-dealkylation sites (N-methyl/N-ethyl adjacent to an activating group) is 1. The summed E-state index contributed by atoms with van der Waals surface area (Å²) in [5.41, 5.74) is 0.994. The third kappa shape index (κ3) is 4.60. The highest BCUT2D eigenvalue weighted by molar-refractivity contribution is 6.06. The van der Waals surface area contributed by atoms with E-state index in [-0.39, 0.29) is 23.3 Å². The first-order chi connectivity index (χ1) is 18.2. The molecule has 2 amide bonds. The van der Waals surface area contributed by atoms with Crippen LogP contribution < -0.4 is 5.56 Å². The zero-order chi connectivity index (χ0) is 27.0. The summed E-state index contributed by atoms with van der Waals surface area (Å²) in [7, 11) is 1.76. The molecule has 2 aliphatic rings. The van der Waals surface area contributed by atoms with Crippen LogP contribution in [0, 0.1) is 11.3 Å². The van der Waals surface area contributed by atoms with Gasteiger partial charge in [-0.3, -0.25) is 19.3 Å². The molecule has 0 radical (unpaired) electrons. The van der Waals surface area contributed by atoms with Gasteiger partial charge in [-0.15, -0.1) is 0 Å². The molecular formula is C28H33N5O5. The van der Waals surface area contributed by atoms with Gasteiger partial charge in [0.25, 0.3) is 5.56 Å². The van der Waals surface area contributed by atoms with Gasteiger partial charge in [-0.25, -0.2) is 4.98 Å². The molecule has 1 aliphatic carbocycles. The molecule has 0 bridgehead atoms. The molecule has 38 heavy (non-hydrogen) atoms. The fraction of sp³-hybridized carbons (Fsp3) is 0.429. The van der Waals surface area contributed by atoms with Crippen LogP contribution in [-0.2, 0) is 22.7 Å². The lowest BCUT2D eigenvalue weighted by molar-refractivity contribution is -0.149. The minimum Gasteiger partial charge on any atom is -0.464 e. The second kappa shape index (κ2) is 10.1. The number of amides is 2. The van der Waals surface area contributed by atoms with Crippen molar-refractivity contribution in [2.24, 2.45) is 11.3 Å². The zero-order valence-corrected chi connectivity index (χ0v) is 22.2. The summed E-state index contributed by atoms with van der Waals surface area (Å²) in [6, 6.07) is 3.49. The lowest BCUT2D eigenvalue weighted by Gasteiger charge is -2.32. The number of hydrogen-bond acceptors (Lipinski definition) is 7. The number of nitrogens with zero attached hydrogens (tertiary/aromatic N) is 5. The van der Waals surface area contributed by atoms with Gasteiger partial charge in [0.15, 0.2) is 6.39 Å². The summed E-state index contributed by atoms with van der Waals surface area (Å²) >= 11 is 0. The fourth-order valence-electron chi connectivity index (χ4n) is 5.36. The Morgan fingerprint density at radius 3 is 2.71 bits per heavy atom. The quantitative estimate of drug-likeness (QED) is 0.421. The molecule has 200 valence electrons. The SMILES string of the molecule is CCN1C(=O)C(C)(C)C(=O)N(C)C2=C1C=CC(CN(CCn1ccc3occc3c1=O)Cc1cnco1)C2. The second-order valence-corrected chi connectivity index (χ2v) is 10.4. The molecule has 0 spiro atoms. The van der Waals surface area contributed by atoms with E-state index < -0.39 is 5.41 Å². The van der Waals surface area contributed by atoms with Crippen molar-refractivity contribution in [1.29, 1.82) is 0 Å². The number of allylic oxidation sites excluding steroid dienone is 2. The van der Waals surface area contributed by atoms with Crippen LogP contribution in [-0.4, -0.2) is 62.7 Å². The normalized spacial score (nSPS) is 19.6. The van der Waals surface area contributed by atoms with Crippen LogP contribution in [0.3, 0.4) is 0 Å². The molecule has 1 aliphatic heterocycles. The summed E-state index contributed by atoms with van der Waals surface area (Å²) in [4.78, 5) is 49.0. The van der Waals surface area contributed by atoms with Gasteiger partial charge in [-0.2, -0.15) is 0 Å². The van der Waals surface area contributed by atoms with E-state index in [1.165, 1.54) is 12.7 Å². The number of carbonyl (C=O) groups excluding carboxylic acids is 2. The van der Waals surface area contributed by atoms with E-state index >= 15 is 0 Å². The lowest BCUT2D eigenvalue weighted by atomic mass is 9.90. The summed E-state index contributed by atoms with van der Waals surface area (Å²) in [5.74, 6) is 0.438. The van der Waals surface area contributed by atoms with Gasteiger partial charge in [0.2, 0.25) is 11.8 Å². The maximum absolute atomic E-state index is 13.3. The molecule has 3 aromatic rings. The second-order valence-electron chi connectivity index (χ2n) is 10.4. The Bertz CT molecular complexity index is 1460. The molecule has 0 saturated carbocycles. The van der Waals surface area contributed by atoms with Gasteiger partial charge in [-0.05, 0) is 51.3 Å². The molecule has 10 nitrogen and oxygen atoms in total. The van der Waals surface area contributed by atoms with E-state index in [9.17, 15) is 14.4 Å². The maximum Gasteiger partial charge on any atom is 0.261 e. The van der Waals surface area contributed by atoms with Crippen LogP contribution in [0.15, 0.2) is 74.4 Å². The number of aromatic nitrogens is 2. The number of furan rings is 1. The number of carbonyl (C=O) groups is 2. The van der Waals surface area contributed by atoms with Crippen molar-refractivity contribution in [1.82, 2.24) is 24.3 Å². The minimum absolute atomic E-state index is 0.0891. The van der Waals surface area contributed by atoms with Crippen molar-refractivity contribution >= 4 is 22.8 Å². The van der Waals surface area contributed by atoms with Gasteiger partial charge >= 0.3 is 0 Å². The summed E-state index contributed by atoms with van der Waals surface area (Å²) in [6.45, 7) is 8.09. The van der Waals surface area contributed by atoms with Gasteiger partial charge in [-0.1, -0.05) is 6.08 Å². The molecule has 1 atom stereocenters. The first-order valence-electron chi connectivity index (χ1n) is 12.9. The van der Waals surface area contributed by atoms with Gasteiger partial charge in [0, 0.05) is 45.1 Å². The zero-order valence-electron chi connectivity index (χ0n) is 22.2. The molecule has 0 saturated heterocycles. The molecule has 4 heterocycles. The Kier molecular flexibility index (Phi) is 6.83. The predicted molar refractivity (Wildman–Crippen MR) is 140 cm³/mol. The largest absolute Gasteiger partial charge is 0.464 e. The van der Waals surface area contributed by atoms with Gasteiger partial charge < -0.3 is 23.2 Å². The average Bonchev–Trinajstić information content (AvgIpc) is 3.59. The van der Waals surface area contributed by atoms with E-state index in [1.807, 2.05) is 13.0 Å². The molecule has 0 fully saturated rings. The fourth-order valence-corrected chi connectivity index (χ4v) is 5.36. The highest BCUT2D eigenvalue weighted by Gasteiger charge is 2.46. The van der Waals surface area contributed by atoms with Crippen molar-refractivity contribution in [3.05, 3.63) is 76.8 Å². The summed E-state index contributed by atoms with van der Waals surface area (Å²) < 4.78 is 12.5. The van der Waals surface area contributed by atoms with Crippen LogP contribution in [0.5, 0.6) is 0 Å². The number of pyridine rings is 1.